The number of carbonyl (C=O) groups is 1. The first-order valence-corrected chi connectivity index (χ1v) is 5.89. The van der Waals surface area contributed by atoms with Crippen molar-refractivity contribution in [2.75, 3.05) is 6.61 Å². The van der Waals surface area contributed by atoms with Crippen LogP contribution in [0, 0.1) is 5.82 Å². The van der Waals surface area contributed by atoms with E-state index >= 15 is 0 Å². The van der Waals surface area contributed by atoms with E-state index in [0.717, 1.165) is 18.4 Å². The third kappa shape index (κ3) is 2.82. The molecule has 1 saturated heterocycles. The predicted molar refractivity (Wildman–Crippen MR) is 61.9 cm³/mol. The Bertz CT molecular complexity index is 391. The Kier molecular flexibility index (Phi) is 3.74. The highest BCUT2D eigenvalue weighted by molar-refractivity contribution is 5.76. The molecule has 0 bridgehead atoms. The number of esters is 1. The second-order valence-electron chi connectivity index (χ2n) is 4.15. The van der Waals surface area contributed by atoms with E-state index in [9.17, 15) is 9.18 Å². The van der Waals surface area contributed by atoms with Crippen molar-refractivity contribution in [3.63, 3.8) is 0 Å². The summed E-state index contributed by atoms with van der Waals surface area (Å²) >= 11 is 0. The van der Waals surface area contributed by atoms with Crippen LogP contribution >= 0.6 is 0 Å². The van der Waals surface area contributed by atoms with Crippen LogP contribution in [-0.2, 0) is 9.53 Å². The van der Waals surface area contributed by atoms with Gasteiger partial charge in [-0.1, -0.05) is 12.1 Å². The minimum Gasteiger partial charge on any atom is -0.465 e. The largest absolute Gasteiger partial charge is 0.465 e. The molecule has 0 radical (unpaired) electrons. The third-order valence-electron chi connectivity index (χ3n) is 2.99. The fourth-order valence-electron chi connectivity index (χ4n) is 2.13. The lowest BCUT2D eigenvalue weighted by molar-refractivity contribution is -0.145. The van der Waals surface area contributed by atoms with E-state index in [1.807, 2.05) is 0 Å². The molecule has 0 aliphatic carbocycles. The molecule has 1 fully saturated rings. The number of hydrogen-bond donors (Lipinski definition) is 1. The smallest absolute Gasteiger partial charge is 0.323 e. The number of halogens is 1. The maximum absolute atomic E-state index is 12.8. The summed E-state index contributed by atoms with van der Waals surface area (Å²) in [5.41, 5.74) is 1.01. The van der Waals surface area contributed by atoms with Crippen molar-refractivity contribution >= 4 is 5.97 Å². The zero-order valence-electron chi connectivity index (χ0n) is 9.78. The maximum Gasteiger partial charge on any atom is 0.323 e. The molecule has 2 rings (SSSR count). The molecule has 2 atom stereocenters. The van der Waals surface area contributed by atoms with Gasteiger partial charge in [-0.05, 0) is 37.5 Å². The van der Waals surface area contributed by atoms with Crippen LogP contribution in [0.25, 0.3) is 0 Å². The second-order valence-corrected chi connectivity index (χ2v) is 4.15. The van der Waals surface area contributed by atoms with Gasteiger partial charge in [0.25, 0.3) is 0 Å². The lowest BCUT2D eigenvalue weighted by Crippen LogP contribution is -2.33. The lowest BCUT2D eigenvalue weighted by Gasteiger charge is -2.13. The molecule has 0 amide bonds. The van der Waals surface area contributed by atoms with E-state index in [0.29, 0.717) is 6.61 Å². The average Bonchev–Trinajstić information content (AvgIpc) is 2.80. The van der Waals surface area contributed by atoms with Gasteiger partial charge in [0.15, 0.2) is 0 Å². The highest BCUT2D eigenvalue weighted by atomic mass is 19.1. The van der Waals surface area contributed by atoms with Gasteiger partial charge in [-0.25, -0.2) is 4.39 Å². The second kappa shape index (κ2) is 5.27. The Hall–Kier alpha value is -1.42. The van der Waals surface area contributed by atoms with Crippen LogP contribution in [0.15, 0.2) is 24.3 Å². The van der Waals surface area contributed by atoms with Crippen molar-refractivity contribution < 1.29 is 13.9 Å². The molecule has 0 spiro atoms. The first-order valence-electron chi connectivity index (χ1n) is 5.89. The molecule has 1 unspecified atom stereocenters. The van der Waals surface area contributed by atoms with Gasteiger partial charge in [-0.15, -0.1) is 0 Å². The fraction of sp³-hybridized carbons (Fsp3) is 0.462. The van der Waals surface area contributed by atoms with Crippen molar-refractivity contribution in [3.05, 3.63) is 35.6 Å². The predicted octanol–water partition coefficient (Wildman–Crippen LogP) is 2.18. The topological polar surface area (TPSA) is 38.3 Å². The fourth-order valence-corrected chi connectivity index (χ4v) is 2.13. The quantitative estimate of drug-likeness (QED) is 0.819. The molecule has 3 nitrogen and oxygen atoms in total. The zero-order valence-corrected chi connectivity index (χ0v) is 9.78. The van der Waals surface area contributed by atoms with Gasteiger partial charge in [0.05, 0.1) is 6.61 Å². The summed E-state index contributed by atoms with van der Waals surface area (Å²) in [6.45, 7) is 2.20. The maximum atomic E-state index is 12.8. The molecule has 1 N–H and O–H groups in total. The Balaban J connectivity index is 1.98. The molecule has 0 aromatic heterocycles. The molecule has 1 aromatic carbocycles. The lowest BCUT2D eigenvalue weighted by atomic mass is 10.1. The van der Waals surface area contributed by atoms with Gasteiger partial charge in [0.1, 0.15) is 11.9 Å². The highest BCUT2D eigenvalue weighted by Crippen LogP contribution is 2.27. The molecule has 4 heteroatoms. The number of benzene rings is 1. The normalized spacial score (nSPS) is 23.6. The third-order valence-corrected chi connectivity index (χ3v) is 2.99. The van der Waals surface area contributed by atoms with E-state index in [2.05, 4.69) is 5.32 Å². The first-order chi connectivity index (χ1) is 8.20. The number of rotatable bonds is 3. The van der Waals surface area contributed by atoms with Gasteiger partial charge in [0, 0.05) is 6.04 Å². The van der Waals surface area contributed by atoms with Gasteiger partial charge >= 0.3 is 5.97 Å². The molecule has 0 saturated carbocycles. The van der Waals surface area contributed by atoms with Crippen LogP contribution in [0.1, 0.15) is 31.4 Å². The van der Waals surface area contributed by atoms with Crippen molar-refractivity contribution in [1.82, 2.24) is 5.32 Å². The van der Waals surface area contributed by atoms with Crippen molar-refractivity contribution in [1.29, 1.82) is 0 Å². The van der Waals surface area contributed by atoms with Crippen LogP contribution < -0.4 is 5.32 Å². The summed E-state index contributed by atoms with van der Waals surface area (Å²) in [6, 6.07) is 6.26. The molecular formula is C13H16FNO2. The van der Waals surface area contributed by atoms with Gasteiger partial charge in [-0.2, -0.15) is 0 Å². The van der Waals surface area contributed by atoms with E-state index in [1.165, 1.54) is 12.1 Å². The van der Waals surface area contributed by atoms with E-state index in [4.69, 9.17) is 4.74 Å². The average molecular weight is 237 g/mol. The van der Waals surface area contributed by atoms with Crippen molar-refractivity contribution in [3.8, 4) is 0 Å². The summed E-state index contributed by atoms with van der Waals surface area (Å²) in [6.07, 6.45) is 1.63. The highest BCUT2D eigenvalue weighted by Gasteiger charge is 2.30. The summed E-state index contributed by atoms with van der Waals surface area (Å²) in [4.78, 5) is 11.5. The molecule has 17 heavy (non-hydrogen) atoms. The summed E-state index contributed by atoms with van der Waals surface area (Å²) in [5, 5.41) is 3.21. The van der Waals surface area contributed by atoms with Crippen LogP contribution in [0.4, 0.5) is 4.39 Å². The zero-order chi connectivity index (χ0) is 12.3. The summed E-state index contributed by atoms with van der Waals surface area (Å²) < 4.78 is 17.8. The van der Waals surface area contributed by atoms with Gasteiger partial charge < -0.3 is 4.74 Å². The van der Waals surface area contributed by atoms with Gasteiger partial charge in [-0.3, -0.25) is 10.1 Å². The minimum atomic E-state index is -0.242. The van der Waals surface area contributed by atoms with E-state index in [1.54, 1.807) is 19.1 Å². The molecule has 1 aliphatic rings. The Morgan fingerprint density at radius 2 is 2.12 bits per heavy atom. The first kappa shape index (κ1) is 12.0. The van der Waals surface area contributed by atoms with Crippen LogP contribution in [0.3, 0.4) is 0 Å². The van der Waals surface area contributed by atoms with E-state index in [-0.39, 0.29) is 23.9 Å². The van der Waals surface area contributed by atoms with Crippen LogP contribution in [-0.4, -0.2) is 18.6 Å². The van der Waals surface area contributed by atoms with Crippen LogP contribution in [0.5, 0.6) is 0 Å². The van der Waals surface area contributed by atoms with Crippen molar-refractivity contribution in [2.24, 2.45) is 0 Å². The monoisotopic (exact) mass is 237 g/mol. The Morgan fingerprint density at radius 3 is 2.76 bits per heavy atom. The number of ether oxygens (including phenoxy) is 1. The number of carbonyl (C=O) groups excluding carboxylic acids is 1. The van der Waals surface area contributed by atoms with Crippen molar-refractivity contribution in [2.45, 2.75) is 31.8 Å². The molecule has 1 heterocycles. The summed E-state index contributed by atoms with van der Waals surface area (Å²) in [5.74, 6) is -0.439. The molecule has 1 aliphatic heterocycles. The Morgan fingerprint density at radius 1 is 1.41 bits per heavy atom. The molecular weight excluding hydrogens is 221 g/mol. The SMILES string of the molecule is CCOC(=O)[C@H]1CCC(c2ccc(F)cc2)N1. The number of hydrogen-bond acceptors (Lipinski definition) is 3. The Labute approximate surface area is 100.0 Å². The van der Waals surface area contributed by atoms with E-state index < -0.39 is 0 Å². The number of nitrogens with one attached hydrogen (secondary N) is 1. The van der Waals surface area contributed by atoms with Gasteiger partial charge in [0.2, 0.25) is 0 Å². The summed E-state index contributed by atoms with van der Waals surface area (Å²) in [7, 11) is 0. The van der Waals surface area contributed by atoms with Crippen LogP contribution in [0.2, 0.25) is 0 Å². The molecule has 92 valence electrons. The standard InChI is InChI=1S/C13H16FNO2/c1-2-17-13(16)12-8-7-11(15-12)9-3-5-10(14)6-4-9/h3-6,11-12,15H,2,7-8H2,1H3/t11?,12-/m1/s1. The minimum absolute atomic E-state index is 0.116. The molecule has 1 aromatic rings.